The number of rotatable bonds is 7. The van der Waals surface area contributed by atoms with Crippen LogP contribution in [0.2, 0.25) is 0 Å². The minimum atomic E-state index is -0.0775. The normalized spacial score (nSPS) is 10.7. The van der Waals surface area contributed by atoms with Crippen molar-refractivity contribution in [2.24, 2.45) is 0 Å². The molecule has 0 aliphatic heterocycles. The Morgan fingerprint density at radius 2 is 2.27 bits per heavy atom. The molecule has 2 aromatic heterocycles. The SMILES string of the molecule is C=CCn1c(SCC(=O)Nc2ccc(Br)cc2C)nnc1-c1cccs1. The summed E-state index contributed by atoms with van der Waals surface area (Å²) in [6.07, 6.45) is 1.80. The summed E-state index contributed by atoms with van der Waals surface area (Å²) in [5, 5.41) is 14.2. The number of aromatic nitrogens is 3. The number of halogens is 1. The van der Waals surface area contributed by atoms with Crippen LogP contribution in [0.25, 0.3) is 10.7 Å². The smallest absolute Gasteiger partial charge is 0.234 e. The van der Waals surface area contributed by atoms with Gasteiger partial charge in [0.25, 0.3) is 0 Å². The summed E-state index contributed by atoms with van der Waals surface area (Å²) in [6, 6.07) is 9.75. The molecule has 5 nitrogen and oxygen atoms in total. The van der Waals surface area contributed by atoms with Crippen molar-refractivity contribution in [3.05, 3.63) is 58.4 Å². The van der Waals surface area contributed by atoms with Gasteiger partial charge in [0, 0.05) is 16.7 Å². The summed E-state index contributed by atoms with van der Waals surface area (Å²) >= 11 is 6.40. The van der Waals surface area contributed by atoms with Crippen LogP contribution in [0.15, 0.2) is 58.0 Å². The molecule has 26 heavy (non-hydrogen) atoms. The molecule has 0 saturated heterocycles. The molecule has 0 saturated carbocycles. The summed E-state index contributed by atoms with van der Waals surface area (Å²) in [5.74, 6) is 0.979. The van der Waals surface area contributed by atoms with Gasteiger partial charge in [0.1, 0.15) is 0 Å². The molecule has 3 aromatic rings. The molecule has 0 fully saturated rings. The average Bonchev–Trinajstić information content (AvgIpc) is 3.26. The lowest BCUT2D eigenvalue weighted by molar-refractivity contribution is -0.113. The maximum atomic E-state index is 12.3. The minimum absolute atomic E-state index is 0.0775. The van der Waals surface area contributed by atoms with Crippen LogP contribution in [0.1, 0.15) is 5.56 Å². The zero-order valence-corrected chi connectivity index (χ0v) is 17.3. The summed E-state index contributed by atoms with van der Waals surface area (Å²) in [6.45, 7) is 6.35. The highest BCUT2D eigenvalue weighted by Gasteiger charge is 2.15. The highest BCUT2D eigenvalue weighted by molar-refractivity contribution is 9.10. The van der Waals surface area contributed by atoms with Crippen LogP contribution >= 0.6 is 39.0 Å². The second kappa shape index (κ2) is 8.66. The molecule has 2 heterocycles. The number of benzene rings is 1. The topological polar surface area (TPSA) is 59.8 Å². The summed E-state index contributed by atoms with van der Waals surface area (Å²) in [4.78, 5) is 13.4. The van der Waals surface area contributed by atoms with Gasteiger partial charge in [0.2, 0.25) is 5.91 Å². The van der Waals surface area contributed by atoms with Gasteiger partial charge in [-0.05, 0) is 42.1 Å². The quantitative estimate of drug-likeness (QED) is 0.408. The number of carbonyl (C=O) groups is 1. The third-order valence-electron chi connectivity index (χ3n) is 3.56. The number of hydrogen-bond acceptors (Lipinski definition) is 5. The van der Waals surface area contributed by atoms with E-state index in [9.17, 15) is 4.79 Å². The Morgan fingerprint density at radius 3 is 2.96 bits per heavy atom. The fourth-order valence-corrected chi connectivity index (χ4v) is 4.30. The van der Waals surface area contributed by atoms with Crippen molar-refractivity contribution < 1.29 is 4.79 Å². The Bertz CT molecular complexity index is 921. The van der Waals surface area contributed by atoms with E-state index >= 15 is 0 Å². The van der Waals surface area contributed by atoms with Crippen molar-refractivity contribution >= 4 is 50.6 Å². The Labute approximate surface area is 168 Å². The average molecular weight is 449 g/mol. The molecule has 8 heteroatoms. The maximum absolute atomic E-state index is 12.3. The molecule has 0 aliphatic carbocycles. The predicted molar refractivity (Wildman–Crippen MR) is 112 cm³/mol. The van der Waals surface area contributed by atoms with Crippen LogP contribution in [0, 0.1) is 6.92 Å². The van der Waals surface area contributed by atoms with Gasteiger partial charge in [0.15, 0.2) is 11.0 Å². The fourth-order valence-electron chi connectivity index (χ4n) is 2.36. The molecule has 3 rings (SSSR count). The molecular weight excluding hydrogens is 432 g/mol. The Morgan fingerprint density at radius 1 is 1.42 bits per heavy atom. The second-order valence-corrected chi connectivity index (χ2v) is 8.28. The third kappa shape index (κ3) is 4.44. The maximum Gasteiger partial charge on any atom is 0.234 e. The first-order valence-electron chi connectivity index (χ1n) is 7.85. The van der Waals surface area contributed by atoms with E-state index in [1.165, 1.54) is 11.8 Å². The van der Waals surface area contributed by atoms with Gasteiger partial charge < -0.3 is 5.32 Å². The van der Waals surface area contributed by atoms with E-state index in [0.29, 0.717) is 11.7 Å². The van der Waals surface area contributed by atoms with Crippen molar-refractivity contribution in [2.75, 3.05) is 11.1 Å². The molecule has 0 bridgehead atoms. The highest BCUT2D eigenvalue weighted by Crippen LogP contribution is 2.27. The lowest BCUT2D eigenvalue weighted by atomic mass is 10.2. The summed E-state index contributed by atoms with van der Waals surface area (Å²) < 4.78 is 2.96. The number of aryl methyl sites for hydroxylation is 1. The Kier molecular flexibility index (Phi) is 6.29. The van der Waals surface area contributed by atoms with Gasteiger partial charge in [-0.2, -0.15) is 0 Å². The van der Waals surface area contributed by atoms with E-state index in [2.05, 4.69) is 38.0 Å². The van der Waals surface area contributed by atoms with Crippen LogP contribution in [0.5, 0.6) is 0 Å². The number of thioether (sulfide) groups is 1. The van der Waals surface area contributed by atoms with Crippen LogP contribution in [0.3, 0.4) is 0 Å². The van der Waals surface area contributed by atoms with Gasteiger partial charge in [-0.15, -0.1) is 28.1 Å². The van der Waals surface area contributed by atoms with E-state index in [4.69, 9.17) is 0 Å². The van der Waals surface area contributed by atoms with Crippen LogP contribution < -0.4 is 5.32 Å². The van der Waals surface area contributed by atoms with Gasteiger partial charge in [0.05, 0.1) is 10.6 Å². The predicted octanol–water partition coefficient (Wildman–Crippen LogP) is 4.99. The first-order valence-corrected chi connectivity index (χ1v) is 10.5. The van der Waals surface area contributed by atoms with Crippen LogP contribution in [0.4, 0.5) is 5.69 Å². The molecule has 0 radical (unpaired) electrons. The minimum Gasteiger partial charge on any atom is -0.325 e. The van der Waals surface area contributed by atoms with Crippen molar-refractivity contribution in [3.63, 3.8) is 0 Å². The van der Waals surface area contributed by atoms with Crippen LogP contribution in [-0.4, -0.2) is 26.4 Å². The largest absolute Gasteiger partial charge is 0.325 e. The zero-order valence-electron chi connectivity index (χ0n) is 14.1. The number of carbonyl (C=O) groups excluding carboxylic acids is 1. The highest BCUT2D eigenvalue weighted by atomic mass is 79.9. The molecule has 0 aliphatic rings. The number of allylic oxidation sites excluding steroid dienone is 1. The van der Waals surface area contributed by atoms with Gasteiger partial charge in [-0.1, -0.05) is 39.8 Å². The number of thiophene rings is 1. The number of anilines is 1. The molecule has 1 aromatic carbocycles. The van der Waals surface area contributed by atoms with Crippen molar-refractivity contribution in [1.29, 1.82) is 0 Å². The monoisotopic (exact) mass is 448 g/mol. The zero-order chi connectivity index (χ0) is 18.5. The lowest BCUT2D eigenvalue weighted by Crippen LogP contribution is -2.15. The first kappa shape index (κ1) is 18.9. The Hall–Kier alpha value is -1.90. The van der Waals surface area contributed by atoms with E-state index in [-0.39, 0.29) is 11.7 Å². The molecular formula is C18H17BrN4OS2. The van der Waals surface area contributed by atoms with Crippen molar-refractivity contribution in [3.8, 4) is 10.7 Å². The number of hydrogen-bond donors (Lipinski definition) is 1. The van der Waals surface area contributed by atoms with E-state index in [1.54, 1.807) is 17.4 Å². The third-order valence-corrected chi connectivity index (χ3v) is 5.89. The summed E-state index contributed by atoms with van der Waals surface area (Å²) in [7, 11) is 0. The molecule has 0 spiro atoms. The van der Waals surface area contributed by atoms with Crippen LogP contribution in [-0.2, 0) is 11.3 Å². The number of nitrogens with one attached hydrogen (secondary N) is 1. The molecule has 0 atom stereocenters. The summed E-state index contributed by atoms with van der Waals surface area (Å²) in [5.41, 5.74) is 1.82. The standard InChI is InChI=1S/C18H17BrN4OS2/c1-3-8-23-17(15-5-4-9-25-15)21-22-18(23)26-11-16(24)20-14-7-6-13(19)10-12(14)2/h3-7,9-10H,1,8,11H2,2H3,(H,20,24). The molecule has 1 N–H and O–H groups in total. The molecule has 1 amide bonds. The first-order chi connectivity index (χ1) is 12.6. The van der Waals surface area contributed by atoms with E-state index in [1.807, 2.05) is 47.2 Å². The number of amides is 1. The molecule has 0 unspecified atom stereocenters. The van der Waals surface area contributed by atoms with Gasteiger partial charge >= 0.3 is 0 Å². The van der Waals surface area contributed by atoms with Gasteiger partial charge in [-0.25, -0.2) is 0 Å². The van der Waals surface area contributed by atoms with E-state index in [0.717, 1.165) is 26.4 Å². The fraction of sp³-hybridized carbons (Fsp3) is 0.167. The van der Waals surface area contributed by atoms with Crippen molar-refractivity contribution in [1.82, 2.24) is 14.8 Å². The van der Waals surface area contributed by atoms with E-state index < -0.39 is 0 Å². The van der Waals surface area contributed by atoms with Crippen molar-refractivity contribution in [2.45, 2.75) is 18.6 Å². The lowest BCUT2D eigenvalue weighted by Gasteiger charge is -2.09. The second-order valence-electron chi connectivity index (χ2n) is 5.48. The Balaban J connectivity index is 1.69. The number of nitrogens with zero attached hydrogens (tertiary/aromatic N) is 3. The van der Waals surface area contributed by atoms with Gasteiger partial charge in [-0.3, -0.25) is 9.36 Å². The molecule has 134 valence electrons.